The molecule has 0 aliphatic carbocycles. The number of rotatable bonds is 5. The molecular weight excluding hydrogens is 124 g/mol. The molecule has 0 amide bonds. The van der Waals surface area contributed by atoms with Gasteiger partial charge in [-0.1, -0.05) is 27.7 Å². The third kappa shape index (κ3) is 7.92. The van der Waals surface area contributed by atoms with E-state index in [1.165, 1.54) is 0 Å². The maximum absolute atomic E-state index is 3.17. The molecule has 10 heavy (non-hydrogen) atoms. The Labute approximate surface area is 64.4 Å². The Morgan fingerprint density at radius 3 is 1.30 bits per heavy atom. The highest BCUT2D eigenvalue weighted by atomic mass is 15.3. The maximum atomic E-state index is 3.17. The Morgan fingerprint density at radius 1 is 0.800 bits per heavy atom. The molecule has 0 atom stereocenters. The predicted octanol–water partition coefficient (Wildman–Crippen LogP) is 1.39. The van der Waals surface area contributed by atoms with E-state index in [1.54, 1.807) is 0 Å². The molecule has 0 aromatic rings. The fourth-order valence-electron chi connectivity index (χ4n) is 0.553. The first-order valence-electron chi connectivity index (χ1n) is 4.08. The lowest BCUT2D eigenvalue weighted by atomic mass is 10.2. The second-order valence-electron chi connectivity index (χ2n) is 3.55. The third-order valence-corrected chi connectivity index (χ3v) is 1.15. The SMILES string of the molecule is CC(C)CNNCC(C)C. The van der Waals surface area contributed by atoms with Crippen LogP contribution in [-0.4, -0.2) is 13.1 Å². The van der Waals surface area contributed by atoms with Gasteiger partial charge in [-0.25, -0.2) is 0 Å². The van der Waals surface area contributed by atoms with Crippen LogP contribution >= 0.6 is 0 Å². The third-order valence-electron chi connectivity index (χ3n) is 1.15. The number of nitrogens with one attached hydrogen (secondary N) is 2. The molecule has 0 aliphatic heterocycles. The van der Waals surface area contributed by atoms with Gasteiger partial charge in [-0.3, -0.25) is 10.9 Å². The number of hydrazine groups is 1. The number of hydrogen-bond acceptors (Lipinski definition) is 2. The zero-order valence-electron chi connectivity index (χ0n) is 7.57. The molecule has 2 N–H and O–H groups in total. The van der Waals surface area contributed by atoms with Gasteiger partial charge < -0.3 is 0 Å². The molecule has 0 radical (unpaired) electrons. The van der Waals surface area contributed by atoms with Crippen LogP contribution in [0.2, 0.25) is 0 Å². The van der Waals surface area contributed by atoms with E-state index >= 15 is 0 Å². The van der Waals surface area contributed by atoms with Crippen LogP contribution in [0.4, 0.5) is 0 Å². The van der Waals surface area contributed by atoms with Crippen molar-refractivity contribution in [3.8, 4) is 0 Å². The Morgan fingerprint density at radius 2 is 1.10 bits per heavy atom. The summed E-state index contributed by atoms with van der Waals surface area (Å²) in [5, 5.41) is 0. The smallest absolute Gasteiger partial charge is 0.0123 e. The first kappa shape index (κ1) is 9.92. The second-order valence-corrected chi connectivity index (χ2v) is 3.55. The summed E-state index contributed by atoms with van der Waals surface area (Å²) in [5.41, 5.74) is 6.33. The molecule has 0 rings (SSSR count). The van der Waals surface area contributed by atoms with Crippen molar-refractivity contribution in [3.05, 3.63) is 0 Å². The van der Waals surface area contributed by atoms with Crippen LogP contribution in [0.3, 0.4) is 0 Å². The van der Waals surface area contributed by atoms with Crippen molar-refractivity contribution >= 4 is 0 Å². The molecule has 0 aliphatic rings. The largest absolute Gasteiger partial charge is 0.258 e. The normalized spacial score (nSPS) is 11.4. The second kappa shape index (κ2) is 5.69. The van der Waals surface area contributed by atoms with E-state index in [9.17, 15) is 0 Å². The van der Waals surface area contributed by atoms with E-state index in [2.05, 4.69) is 38.5 Å². The summed E-state index contributed by atoms with van der Waals surface area (Å²) < 4.78 is 0. The molecule has 2 heteroatoms. The molecule has 0 fully saturated rings. The van der Waals surface area contributed by atoms with Crippen LogP contribution in [0.25, 0.3) is 0 Å². The van der Waals surface area contributed by atoms with Gasteiger partial charge in [0.05, 0.1) is 0 Å². The summed E-state index contributed by atoms with van der Waals surface area (Å²) in [6.45, 7) is 10.9. The molecule has 0 saturated heterocycles. The first-order valence-corrected chi connectivity index (χ1v) is 4.08. The predicted molar refractivity (Wildman–Crippen MR) is 45.7 cm³/mol. The van der Waals surface area contributed by atoms with Gasteiger partial charge in [-0.15, -0.1) is 0 Å². The van der Waals surface area contributed by atoms with E-state index in [0.29, 0.717) is 0 Å². The summed E-state index contributed by atoms with van der Waals surface area (Å²) in [4.78, 5) is 0. The zero-order valence-corrected chi connectivity index (χ0v) is 7.57. The van der Waals surface area contributed by atoms with Crippen molar-refractivity contribution in [2.24, 2.45) is 11.8 Å². The van der Waals surface area contributed by atoms with Gasteiger partial charge in [0.2, 0.25) is 0 Å². The summed E-state index contributed by atoms with van der Waals surface area (Å²) in [7, 11) is 0. The van der Waals surface area contributed by atoms with Crippen LogP contribution < -0.4 is 10.9 Å². The van der Waals surface area contributed by atoms with E-state index in [0.717, 1.165) is 24.9 Å². The average Bonchev–Trinajstić information content (AvgIpc) is 1.79. The van der Waals surface area contributed by atoms with E-state index in [1.807, 2.05) is 0 Å². The summed E-state index contributed by atoms with van der Waals surface area (Å²) in [6.07, 6.45) is 0. The van der Waals surface area contributed by atoms with Gasteiger partial charge in [0.1, 0.15) is 0 Å². The van der Waals surface area contributed by atoms with Crippen molar-refractivity contribution in [2.75, 3.05) is 13.1 Å². The average molecular weight is 144 g/mol. The van der Waals surface area contributed by atoms with Gasteiger partial charge in [0.15, 0.2) is 0 Å². The zero-order chi connectivity index (χ0) is 7.98. The van der Waals surface area contributed by atoms with Crippen molar-refractivity contribution < 1.29 is 0 Å². The van der Waals surface area contributed by atoms with Crippen LogP contribution in [0.1, 0.15) is 27.7 Å². The van der Waals surface area contributed by atoms with Crippen molar-refractivity contribution in [2.45, 2.75) is 27.7 Å². The Kier molecular flexibility index (Phi) is 5.64. The molecule has 0 aromatic carbocycles. The fourth-order valence-corrected chi connectivity index (χ4v) is 0.553. The Bertz CT molecular complexity index is 59.7. The minimum atomic E-state index is 0.722. The van der Waals surface area contributed by atoms with Crippen LogP contribution in [0, 0.1) is 11.8 Å². The molecular formula is C8H20N2. The molecule has 0 bridgehead atoms. The van der Waals surface area contributed by atoms with Crippen molar-refractivity contribution in [1.82, 2.24) is 10.9 Å². The summed E-state index contributed by atoms with van der Waals surface area (Å²) >= 11 is 0. The van der Waals surface area contributed by atoms with Crippen molar-refractivity contribution in [3.63, 3.8) is 0 Å². The molecule has 0 saturated carbocycles. The highest BCUT2D eigenvalue weighted by Crippen LogP contribution is 1.87. The highest BCUT2D eigenvalue weighted by molar-refractivity contribution is 4.49. The molecule has 62 valence electrons. The molecule has 0 aromatic heterocycles. The van der Waals surface area contributed by atoms with Gasteiger partial charge in [-0.2, -0.15) is 0 Å². The minimum absolute atomic E-state index is 0.722. The molecule has 0 spiro atoms. The van der Waals surface area contributed by atoms with Gasteiger partial charge in [0, 0.05) is 13.1 Å². The lowest BCUT2D eigenvalue weighted by molar-refractivity contribution is 0.434. The quantitative estimate of drug-likeness (QED) is 0.450. The monoisotopic (exact) mass is 144 g/mol. The number of hydrogen-bond donors (Lipinski definition) is 2. The highest BCUT2D eigenvalue weighted by Gasteiger charge is 1.93. The topological polar surface area (TPSA) is 24.1 Å². The van der Waals surface area contributed by atoms with Crippen LogP contribution in [0.15, 0.2) is 0 Å². The standard InChI is InChI=1S/C8H20N2/c1-7(2)5-9-10-6-8(3)4/h7-10H,5-6H2,1-4H3. The van der Waals surface area contributed by atoms with E-state index in [4.69, 9.17) is 0 Å². The first-order chi connectivity index (χ1) is 4.63. The van der Waals surface area contributed by atoms with Gasteiger partial charge in [-0.05, 0) is 11.8 Å². The van der Waals surface area contributed by atoms with Crippen molar-refractivity contribution in [1.29, 1.82) is 0 Å². The fraction of sp³-hybridized carbons (Fsp3) is 1.00. The summed E-state index contributed by atoms with van der Waals surface area (Å²) in [6, 6.07) is 0. The Balaban J connectivity index is 2.91. The minimum Gasteiger partial charge on any atom is -0.258 e. The lowest BCUT2D eigenvalue weighted by Crippen LogP contribution is -2.36. The maximum Gasteiger partial charge on any atom is 0.0123 e. The lowest BCUT2D eigenvalue weighted by Gasteiger charge is -2.10. The van der Waals surface area contributed by atoms with Crippen LogP contribution in [0.5, 0.6) is 0 Å². The van der Waals surface area contributed by atoms with Crippen LogP contribution in [-0.2, 0) is 0 Å². The summed E-state index contributed by atoms with van der Waals surface area (Å²) in [5.74, 6) is 1.44. The van der Waals surface area contributed by atoms with Gasteiger partial charge in [0.25, 0.3) is 0 Å². The van der Waals surface area contributed by atoms with Gasteiger partial charge >= 0.3 is 0 Å². The molecule has 0 heterocycles. The molecule has 0 unspecified atom stereocenters. The Hall–Kier alpha value is -0.0800. The molecule has 2 nitrogen and oxygen atoms in total. The van der Waals surface area contributed by atoms with E-state index in [-0.39, 0.29) is 0 Å². The van der Waals surface area contributed by atoms with E-state index < -0.39 is 0 Å².